The molecule has 6 atom stereocenters. The first kappa shape index (κ1) is 18.7. The van der Waals surface area contributed by atoms with Crippen molar-refractivity contribution in [3.05, 3.63) is 71.3 Å². The standard InChI is InChI=1S/C29H32O2/c1-27-13-12-23-17-22-8-9-24(30)18-28(22)14-15-29(23,31-28)26(27)11-10-25(27)21-7-6-19-4-2-3-5-20(19)16-21/h2-7,12,16-17,24-26,30H,8-11,13-15,18H2,1H3/t24-,25+,26+,27+,28+,29+/m0/s1. The van der Waals surface area contributed by atoms with Crippen molar-refractivity contribution in [1.82, 2.24) is 0 Å². The normalized spacial score (nSPS) is 43.1. The Bertz CT molecular complexity index is 1140. The molecule has 2 aromatic rings. The Labute approximate surface area is 185 Å². The molecule has 2 nitrogen and oxygen atoms in total. The summed E-state index contributed by atoms with van der Waals surface area (Å²) in [5.74, 6) is 1.14. The van der Waals surface area contributed by atoms with E-state index in [1.54, 1.807) is 0 Å². The lowest BCUT2D eigenvalue weighted by Gasteiger charge is -2.54. The van der Waals surface area contributed by atoms with Crippen molar-refractivity contribution in [2.24, 2.45) is 11.3 Å². The van der Waals surface area contributed by atoms with Crippen molar-refractivity contribution >= 4 is 10.8 Å². The highest BCUT2D eigenvalue weighted by Crippen LogP contribution is 2.69. The van der Waals surface area contributed by atoms with Crippen LogP contribution in [-0.2, 0) is 4.74 Å². The van der Waals surface area contributed by atoms with Crippen LogP contribution in [0.25, 0.3) is 10.8 Å². The Morgan fingerprint density at radius 1 is 1.00 bits per heavy atom. The first-order valence-electron chi connectivity index (χ1n) is 12.3. The van der Waals surface area contributed by atoms with Gasteiger partial charge in [-0.25, -0.2) is 0 Å². The van der Waals surface area contributed by atoms with Gasteiger partial charge in [-0.15, -0.1) is 0 Å². The van der Waals surface area contributed by atoms with Crippen molar-refractivity contribution in [3.8, 4) is 0 Å². The van der Waals surface area contributed by atoms with Gasteiger partial charge in [0.1, 0.15) is 0 Å². The Kier molecular flexibility index (Phi) is 3.68. The van der Waals surface area contributed by atoms with E-state index >= 15 is 0 Å². The molecule has 2 heterocycles. The molecule has 2 saturated carbocycles. The van der Waals surface area contributed by atoms with Crippen LogP contribution >= 0.6 is 0 Å². The summed E-state index contributed by atoms with van der Waals surface area (Å²) in [5.41, 5.74) is 4.35. The minimum atomic E-state index is -0.207. The minimum Gasteiger partial charge on any atom is -0.393 e. The molecule has 0 amide bonds. The highest BCUT2D eigenvalue weighted by molar-refractivity contribution is 5.83. The highest BCUT2D eigenvalue weighted by Gasteiger charge is 2.66. The number of rotatable bonds is 1. The monoisotopic (exact) mass is 412 g/mol. The third-order valence-corrected chi connectivity index (χ3v) is 9.83. The second kappa shape index (κ2) is 6.11. The van der Waals surface area contributed by atoms with Crippen molar-refractivity contribution in [1.29, 1.82) is 0 Å². The van der Waals surface area contributed by atoms with Gasteiger partial charge >= 0.3 is 0 Å². The van der Waals surface area contributed by atoms with Crippen LogP contribution in [0.1, 0.15) is 69.8 Å². The van der Waals surface area contributed by atoms with E-state index in [1.807, 2.05) is 0 Å². The summed E-state index contributed by atoms with van der Waals surface area (Å²) >= 11 is 0. The molecule has 3 fully saturated rings. The van der Waals surface area contributed by atoms with Gasteiger partial charge in [-0.2, -0.15) is 0 Å². The van der Waals surface area contributed by atoms with Crippen LogP contribution in [0.15, 0.2) is 65.8 Å². The van der Waals surface area contributed by atoms with Gasteiger partial charge in [-0.05, 0) is 89.7 Å². The van der Waals surface area contributed by atoms with Crippen LogP contribution in [0, 0.1) is 11.3 Å². The average Bonchev–Trinajstić information content (AvgIpc) is 3.28. The first-order chi connectivity index (χ1) is 15.0. The van der Waals surface area contributed by atoms with Gasteiger partial charge in [0.15, 0.2) is 0 Å². The van der Waals surface area contributed by atoms with E-state index in [1.165, 1.54) is 40.3 Å². The topological polar surface area (TPSA) is 29.5 Å². The van der Waals surface area contributed by atoms with Gasteiger partial charge in [-0.3, -0.25) is 0 Å². The molecule has 0 unspecified atom stereocenters. The summed E-state index contributed by atoms with van der Waals surface area (Å²) < 4.78 is 7.19. The third kappa shape index (κ3) is 2.36. The maximum Gasteiger partial charge on any atom is 0.0974 e. The first-order valence-corrected chi connectivity index (χ1v) is 12.3. The van der Waals surface area contributed by atoms with Crippen molar-refractivity contribution in [2.45, 2.75) is 81.5 Å². The van der Waals surface area contributed by atoms with Crippen molar-refractivity contribution in [3.63, 3.8) is 0 Å². The number of fused-ring (bicyclic) bond motifs is 2. The number of aliphatic hydroxyl groups excluding tert-OH is 1. The van der Waals surface area contributed by atoms with E-state index in [4.69, 9.17) is 4.74 Å². The fourth-order valence-corrected chi connectivity index (χ4v) is 8.35. The lowest BCUT2D eigenvalue weighted by molar-refractivity contribution is -0.144. The molecule has 2 heteroatoms. The zero-order chi connectivity index (χ0) is 20.8. The number of aliphatic hydroxyl groups is 1. The lowest BCUT2D eigenvalue weighted by atomic mass is 9.58. The SMILES string of the molecule is C[C@]12CC=C3C=C4CC[C@H](O)C[C@]45CC[C@]3(O5)[C@@H]1CC[C@@H]2c1ccc2ccccc2c1. The molecular formula is C29H32O2. The summed E-state index contributed by atoms with van der Waals surface area (Å²) in [6.07, 6.45) is 13.4. The molecule has 0 radical (unpaired) electrons. The molecular weight excluding hydrogens is 380 g/mol. The molecule has 3 aliphatic carbocycles. The summed E-state index contributed by atoms with van der Waals surface area (Å²) in [6.45, 7) is 2.54. The maximum absolute atomic E-state index is 10.5. The van der Waals surface area contributed by atoms with Crippen LogP contribution in [0.2, 0.25) is 0 Å². The molecule has 2 bridgehead atoms. The fourth-order valence-electron chi connectivity index (χ4n) is 8.35. The predicted octanol–water partition coefficient (Wildman–Crippen LogP) is 6.44. The van der Waals surface area contributed by atoms with Crippen LogP contribution < -0.4 is 0 Å². The summed E-state index contributed by atoms with van der Waals surface area (Å²) in [5, 5.41) is 13.1. The van der Waals surface area contributed by atoms with E-state index in [0.29, 0.717) is 11.8 Å². The van der Waals surface area contributed by atoms with E-state index in [-0.39, 0.29) is 22.7 Å². The Balaban J connectivity index is 1.31. The molecule has 2 aliphatic heterocycles. The second-order valence-electron chi connectivity index (χ2n) is 11.2. The van der Waals surface area contributed by atoms with Crippen LogP contribution in [0.5, 0.6) is 0 Å². The molecule has 0 aromatic heterocycles. The van der Waals surface area contributed by atoms with Gasteiger partial charge in [-0.1, -0.05) is 61.5 Å². The number of allylic oxidation sites excluding steroid dienone is 1. The Hall–Kier alpha value is -1.90. The summed E-state index contributed by atoms with van der Waals surface area (Å²) in [4.78, 5) is 0. The molecule has 160 valence electrons. The third-order valence-electron chi connectivity index (χ3n) is 9.83. The summed E-state index contributed by atoms with van der Waals surface area (Å²) in [7, 11) is 0. The van der Waals surface area contributed by atoms with E-state index < -0.39 is 0 Å². The van der Waals surface area contributed by atoms with Gasteiger partial charge in [0.2, 0.25) is 0 Å². The zero-order valence-corrected chi connectivity index (χ0v) is 18.4. The maximum atomic E-state index is 10.5. The average molecular weight is 413 g/mol. The Morgan fingerprint density at radius 3 is 2.77 bits per heavy atom. The number of hydrogen-bond acceptors (Lipinski definition) is 2. The molecule has 31 heavy (non-hydrogen) atoms. The second-order valence-corrected chi connectivity index (χ2v) is 11.2. The van der Waals surface area contributed by atoms with Gasteiger partial charge in [0.25, 0.3) is 0 Å². The molecule has 5 aliphatic rings. The quantitative estimate of drug-likeness (QED) is 0.584. The number of ether oxygens (including phenoxy) is 1. The predicted molar refractivity (Wildman–Crippen MR) is 124 cm³/mol. The van der Waals surface area contributed by atoms with E-state index in [2.05, 4.69) is 61.5 Å². The van der Waals surface area contributed by atoms with Crippen LogP contribution in [0.3, 0.4) is 0 Å². The van der Waals surface area contributed by atoms with Crippen LogP contribution in [-0.4, -0.2) is 22.4 Å². The van der Waals surface area contributed by atoms with Crippen molar-refractivity contribution < 1.29 is 9.84 Å². The Morgan fingerprint density at radius 2 is 1.87 bits per heavy atom. The van der Waals surface area contributed by atoms with E-state index in [0.717, 1.165) is 38.5 Å². The number of benzene rings is 2. The van der Waals surface area contributed by atoms with Gasteiger partial charge in [0.05, 0.1) is 17.3 Å². The largest absolute Gasteiger partial charge is 0.393 e. The van der Waals surface area contributed by atoms with E-state index in [9.17, 15) is 5.11 Å². The van der Waals surface area contributed by atoms with Gasteiger partial charge < -0.3 is 9.84 Å². The summed E-state index contributed by atoms with van der Waals surface area (Å²) in [6, 6.07) is 15.9. The zero-order valence-electron chi connectivity index (χ0n) is 18.4. The fraction of sp³-hybridized carbons (Fsp3) is 0.517. The molecule has 2 aromatic carbocycles. The molecule has 1 saturated heterocycles. The van der Waals surface area contributed by atoms with Gasteiger partial charge in [0, 0.05) is 6.42 Å². The number of hydrogen-bond donors (Lipinski definition) is 1. The lowest BCUT2D eigenvalue weighted by Crippen LogP contribution is -2.54. The minimum absolute atomic E-state index is 0.126. The molecule has 2 spiro atoms. The van der Waals surface area contributed by atoms with Crippen molar-refractivity contribution in [2.75, 3.05) is 0 Å². The van der Waals surface area contributed by atoms with Crippen LogP contribution in [0.4, 0.5) is 0 Å². The molecule has 1 N–H and O–H groups in total. The smallest absolute Gasteiger partial charge is 0.0974 e. The molecule has 7 rings (SSSR count). The highest BCUT2D eigenvalue weighted by atomic mass is 16.5.